The van der Waals surface area contributed by atoms with Gasteiger partial charge < -0.3 is 49.7 Å². The molecule has 0 radical (unpaired) electrons. The van der Waals surface area contributed by atoms with Gasteiger partial charge in [-0.25, -0.2) is 26.3 Å². The molecule has 0 aromatic heterocycles. The molecule has 6 N–H and O–H groups in total. The first-order chi connectivity index (χ1) is 37.6. The highest BCUT2D eigenvalue weighted by Crippen LogP contribution is 2.37. The van der Waals surface area contributed by atoms with Crippen molar-refractivity contribution in [3.8, 4) is 0 Å². The Morgan fingerprint density at radius 2 is 1.00 bits per heavy atom. The fourth-order valence-corrected chi connectivity index (χ4v) is 12.0. The normalized spacial score (nSPS) is 15.5. The van der Waals surface area contributed by atoms with Crippen molar-refractivity contribution in [2.75, 3.05) is 138 Å². The molecular weight excluding hydrogens is 1110 g/mol. The average molecular weight is 1180 g/mol. The number of sulfonamides is 2. The number of nitrogens with one attached hydrogen (secondary N) is 6. The van der Waals surface area contributed by atoms with E-state index in [1.807, 2.05) is 44.2 Å². The molecule has 430 valence electrons. The zero-order chi connectivity index (χ0) is 55.8. The number of rotatable bonds is 36. The van der Waals surface area contributed by atoms with Crippen molar-refractivity contribution in [1.29, 1.82) is 0 Å². The van der Waals surface area contributed by atoms with Gasteiger partial charge in [0.1, 0.15) is 0 Å². The zero-order valence-electron chi connectivity index (χ0n) is 44.4. The van der Waals surface area contributed by atoms with Crippen LogP contribution in [0.15, 0.2) is 82.6 Å². The van der Waals surface area contributed by atoms with Gasteiger partial charge in [-0.05, 0) is 101 Å². The van der Waals surface area contributed by atoms with Gasteiger partial charge in [0.05, 0.1) is 95.6 Å². The van der Waals surface area contributed by atoms with Crippen molar-refractivity contribution in [3.05, 3.63) is 127 Å². The fraction of sp³-hybridized carbons (Fsp3) is 0.519. The number of carbonyl (C=O) groups excluding carboxylic acids is 2. The van der Waals surface area contributed by atoms with Crippen molar-refractivity contribution in [2.45, 2.75) is 55.0 Å². The zero-order valence-corrected chi connectivity index (χ0v) is 48.3. The van der Waals surface area contributed by atoms with Gasteiger partial charge in [-0.3, -0.25) is 14.5 Å². The highest BCUT2D eigenvalue weighted by molar-refractivity contribution is 7.89. The Morgan fingerprint density at radius 1 is 0.564 bits per heavy atom. The van der Waals surface area contributed by atoms with E-state index in [0.29, 0.717) is 61.1 Å². The lowest BCUT2D eigenvalue weighted by atomic mass is 9.84. The minimum absolute atomic E-state index is 0.0398. The number of fused-ring (bicyclic) bond motifs is 2. The SMILES string of the molecule is CCCOCCOCCN(CC(=O)NCCOCCOCCNS(=O)(=O)c1cccc([C@@H]2CNCc3c(C)cc(Cl)cc32)c1)CC(=O)NCCOCCOCCNS(=O)(=O)c1cccc([C@@H]2CNCc3c(Cl)cc(Cl)cc32)c1. The van der Waals surface area contributed by atoms with Crippen molar-refractivity contribution in [1.82, 2.24) is 35.6 Å². The number of amides is 2. The molecule has 0 saturated carbocycles. The van der Waals surface area contributed by atoms with Gasteiger partial charge in [-0.15, -0.1) is 0 Å². The number of halogens is 3. The van der Waals surface area contributed by atoms with Gasteiger partial charge in [-0.1, -0.05) is 66.0 Å². The van der Waals surface area contributed by atoms with Crippen LogP contribution in [0.5, 0.6) is 0 Å². The number of aryl methyl sites for hydroxylation is 1. The molecule has 0 spiro atoms. The maximum atomic E-state index is 13.2. The summed E-state index contributed by atoms with van der Waals surface area (Å²) in [7, 11) is -7.62. The Labute approximate surface area is 474 Å². The maximum Gasteiger partial charge on any atom is 0.240 e. The molecule has 19 nitrogen and oxygen atoms in total. The number of hydrogen-bond acceptors (Lipinski definition) is 15. The molecule has 2 aliphatic heterocycles. The van der Waals surface area contributed by atoms with Crippen molar-refractivity contribution in [2.24, 2.45) is 0 Å². The summed E-state index contributed by atoms with van der Waals surface area (Å²) in [4.78, 5) is 27.8. The number of ether oxygens (including phenoxy) is 6. The maximum absolute atomic E-state index is 13.2. The third kappa shape index (κ3) is 20.6. The summed E-state index contributed by atoms with van der Waals surface area (Å²) in [6, 6.07) is 21.3. The lowest BCUT2D eigenvalue weighted by Gasteiger charge is -2.28. The van der Waals surface area contributed by atoms with Crippen molar-refractivity contribution < 1.29 is 54.8 Å². The molecule has 0 saturated heterocycles. The minimum Gasteiger partial charge on any atom is -0.379 e. The van der Waals surface area contributed by atoms with E-state index < -0.39 is 20.0 Å². The van der Waals surface area contributed by atoms with Crippen LogP contribution in [0.25, 0.3) is 0 Å². The summed E-state index contributed by atoms with van der Waals surface area (Å²) in [5, 5.41) is 14.2. The van der Waals surface area contributed by atoms with Crippen molar-refractivity contribution >= 4 is 66.7 Å². The lowest BCUT2D eigenvalue weighted by molar-refractivity contribution is -0.125. The van der Waals surface area contributed by atoms with Crippen LogP contribution in [-0.2, 0) is 71.1 Å². The number of carbonyl (C=O) groups is 2. The fourth-order valence-electron chi connectivity index (χ4n) is 8.99. The van der Waals surface area contributed by atoms with Gasteiger partial charge in [0.15, 0.2) is 0 Å². The smallest absolute Gasteiger partial charge is 0.240 e. The second kappa shape index (κ2) is 33.2. The molecule has 0 aliphatic carbocycles. The van der Waals surface area contributed by atoms with Crippen LogP contribution in [0.3, 0.4) is 0 Å². The second-order valence-electron chi connectivity index (χ2n) is 18.6. The molecular formula is C54H74Cl3N7O12S2. The van der Waals surface area contributed by atoms with Crippen LogP contribution in [0.4, 0.5) is 0 Å². The van der Waals surface area contributed by atoms with Crippen LogP contribution >= 0.6 is 34.8 Å². The molecule has 0 fully saturated rings. The van der Waals surface area contributed by atoms with Crippen LogP contribution in [0.1, 0.15) is 64.1 Å². The number of benzene rings is 4. The Bertz CT molecular complexity index is 2610. The summed E-state index contributed by atoms with van der Waals surface area (Å²) in [6.45, 7) is 10.8. The summed E-state index contributed by atoms with van der Waals surface area (Å²) in [5.74, 6) is -0.761. The monoisotopic (exact) mass is 1180 g/mol. The van der Waals surface area contributed by atoms with Crippen LogP contribution in [0.2, 0.25) is 15.1 Å². The average Bonchev–Trinajstić information content (AvgIpc) is 3.47. The first kappa shape index (κ1) is 63.3. The summed E-state index contributed by atoms with van der Waals surface area (Å²) in [6.07, 6.45) is 0.901. The van der Waals surface area contributed by atoms with E-state index in [1.54, 1.807) is 47.4 Å². The Balaban J connectivity index is 0.807. The molecule has 2 heterocycles. The molecule has 6 rings (SSSR count). The molecule has 24 heteroatoms. The largest absolute Gasteiger partial charge is 0.379 e. The van der Waals surface area contributed by atoms with E-state index in [4.69, 9.17) is 63.2 Å². The Kier molecular flexibility index (Phi) is 26.9. The van der Waals surface area contributed by atoms with E-state index in [9.17, 15) is 26.4 Å². The Hall–Kier alpha value is -3.85. The highest BCUT2D eigenvalue weighted by atomic mass is 35.5. The Morgan fingerprint density at radius 3 is 1.50 bits per heavy atom. The first-order valence-corrected chi connectivity index (χ1v) is 30.3. The minimum atomic E-state index is -3.82. The second-order valence-corrected chi connectivity index (χ2v) is 23.5. The van der Waals surface area contributed by atoms with Crippen LogP contribution in [-0.4, -0.2) is 172 Å². The molecule has 4 aromatic rings. The first-order valence-electron chi connectivity index (χ1n) is 26.2. The van der Waals surface area contributed by atoms with Gasteiger partial charge in [0.2, 0.25) is 31.9 Å². The molecule has 0 bridgehead atoms. The number of nitrogens with zero attached hydrogens (tertiary/aromatic N) is 1. The molecule has 0 unspecified atom stereocenters. The van der Waals surface area contributed by atoms with E-state index in [-0.39, 0.29) is 132 Å². The lowest BCUT2D eigenvalue weighted by Crippen LogP contribution is -2.45. The predicted octanol–water partition coefficient (Wildman–Crippen LogP) is 4.73. The molecule has 2 atom stereocenters. The van der Waals surface area contributed by atoms with E-state index in [0.717, 1.165) is 46.3 Å². The van der Waals surface area contributed by atoms with E-state index >= 15 is 0 Å². The topological polar surface area (TPSA) is 233 Å². The van der Waals surface area contributed by atoms with Gasteiger partial charge in [0.25, 0.3) is 0 Å². The number of hydrogen-bond donors (Lipinski definition) is 6. The summed E-state index contributed by atoms with van der Waals surface area (Å²) < 4.78 is 91.5. The van der Waals surface area contributed by atoms with Gasteiger partial charge in [0, 0.05) is 92.4 Å². The molecule has 2 amide bonds. The third-order valence-electron chi connectivity index (χ3n) is 12.8. The predicted molar refractivity (Wildman–Crippen MR) is 301 cm³/mol. The van der Waals surface area contributed by atoms with E-state index in [2.05, 4.69) is 30.7 Å². The summed E-state index contributed by atoms with van der Waals surface area (Å²) >= 11 is 19.2. The van der Waals surface area contributed by atoms with Crippen LogP contribution < -0.4 is 30.7 Å². The van der Waals surface area contributed by atoms with Gasteiger partial charge >= 0.3 is 0 Å². The quantitative estimate of drug-likeness (QED) is 0.0338. The standard InChI is InChI=1S/C54H74Cl3N7O12S2/c1-3-15-71-21-26-76-20-14-64(37-53(65)60-10-16-72-22-24-74-18-12-62-77(67,68)44-8-4-6-40(28-44)49-34-58-33-48-39(2)27-42(55)30-46(48)49)38-54(66)61-11-17-73-23-25-75-19-13-63-78(69,70)45-9-5-7-41(29-45)50-35-59-36-51-47(50)31-43(56)32-52(51)57/h4-9,27-32,49-50,58-59,62-63H,3,10-26,33-38H2,1-2H3,(H,60,65)(H,61,66)/t49-,50-/m0/s1. The van der Waals surface area contributed by atoms with E-state index in [1.165, 1.54) is 5.56 Å². The summed E-state index contributed by atoms with van der Waals surface area (Å²) in [5.41, 5.74) is 7.00. The molecule has 78 heavy (non-hydrogen) atoms. The van der Waals surface area contributed by atoms with Gasteiger partial charge in [-0.2, -0.15) is 0 Å². The molecule has 2 aliphatic rings. The highest BCUT2D eigenvalue weighted by Gasteiger charge is 2.27. The van der Waals surface area contributed by atoms with Crippen LogP contribution in [0, 0.1) is 6.92 Å². The third-order valence-corrected chi connectivity index (χ3v) is 16.5. The van der Waals surface area contributed by atoms with Crippen molar-refractivity contribution in [3.63, 3.8) is 0 Å². The molecule has 4 aromatic carbocycles.